The first kappa shape index (κ1) is 15.8. The van der Waals surface area contributed by atoms with E-state index >= 15 is 0 Å². The Morgan fingerprint density at radius 3 is 2.38 bits per heavy atom. The first-order chi connectivity index (χ1) is 7.52. The maximum absolute atomic E-state index is 5.87. The standard InChI is InChI=1S/C12H28N2O2/c1-6-12(9-13,10-15-5)14(4)7-8-16-11(2)3/h11H,6-10,13H2,1-5H3. The van der Waals surface area contributed by atoms with Crippen molar-refractivity contribution in [1.82, 2.24) is 4.90 Å². The van der Waals surface area contributed by atoms with Gasteiger partial charge in [0.25, 0.3) is 0 Å². The molecule has 0 spiro atoms. The molecule has 0 aromatic rings. The third kappa shape index (κ3) is 4.78. The summed E-state index contributed by atoms with van der Waals surface area (Å²) in [7, 11) is 3.80. The van der Waals surface area contributed by atoms with E-state index in [4.69, 9.17) is 15.2 Å². The summed E-state index contributed by atoms with van der Waals surface area (Å²) < 4.78 is 10.8. The van der Waals surface area contributed by atoms with Crippen LogP contribution in [0.4, 0.5) is 0 Å². The molecular formula is C12H28N2O2. The molecule has 0 rings (SSSR count). The zero-order chi connectivity index (χ0) is 12.6. The van der Waals surface area contributed by atoms with Crippen LogP contribution < -0.4 is 5.73 Å². The molecule has 2 N–H and O–H groups in total. The molecule has 0 aliphatic heterocycles. The highest BCUT2D eigenvalue weighted by Gasteiger charge is 2.31. The fraction of sp³-hybridized carbons (Fsp3) is 1.00. The molecule has 1 atom stereocenters. The van der Waals surface area contributed by atoms with Gasteiger partial charge in [0.2, 0.25) is 0 Å². The number of ether oxygens (including phenoxy) is 2. The quantitative estimate of drug-likeness (QED) is 0.646. The van der Waals surface area contributed by atoms with Crippen molar-refractivity contribution in [2.45, 2.75) is 38.8 Å². The minimum absolute atomic E-state index is 0.0604. The Hall–Kier alpha value is -0.160. The molecule has 0 fully saturated rings. The molecule has 16 heavy (non-hydrogen) atoms. The van der Waals surface area contributed by atoms with Crippen LogP contribution >= 0.6 is 0 Å². The minimum Gasteiger partial charge on any atom is -0.383 e. The fourth-order valence-electron chi connectivity index (χ4n) is 1.77. The molecule has 0 saturated heterocycles. The lowest BCUT2D eigenvalue weighted by Crippen LogP contribution is -2.55. The van der Waals surface area contributed by atoms with E-state index in [9.17, 15) is 0 Å². The summed E-state index contributed by atoms with van der Waals surface area (Å²) in [5.41, 5.74) is 5.81. The molecule has 0 saturated carbocycles. The highest BCUT2D eigenvalue weighted by atomic mass is 16.5. The first-order valence-corrected chi connectivity index (χ1v) is 6.04. The Morgan fingerprint density at radius 2 is 2.00 bits per heavy atom. The second kappa shape index (κ2) is 8.01. The van der Waals surface area contributed by atoms with Crippen LogP contribution in [0.15, 0.2) is 0 Å². The van der Waals surface area contributed by atoms with E-state index in [0.717, 1.165) is 19.6 Å². The van der Waals surface area contributed by atoms with Crippen LogP contribution in [-0.2, 0) is 9.47 Å². The van der Waals surface area contributed by atoms with Gasteiger partial charge in [0.1, 0.15) is 0 Å². The molecule has 4 heteroatoms. The van der Waals surface area contributed by atoms with Crippen LogP contribution in [0.5, 0.6) is 0 Å². The molecule has 98 valence electrons. The predicted octanol–water partition coefficient (Wildman–Crippen LogP) is 1.10. The predicted molar refractivity (Wildman–Crippen MR) is 67.7 cm³/mol. The van der Waals surface area contributed by atoms with Gasteiger partial charge in [-0.05, 0) is 27.3 Å². The van der Waals surface area contributed by atoms with Crippen molar-refractivity contribution in [3.63, 3.8) is 0 Å². The molecule has 0 heterocycles. The van der Waals surface area contributed by atoms with E-state index in [-0.39, 0.29) is 11.6 Å². The average molecular weight is 232 g/mol. The van der Waals surface area contributed by atoms with Crippen LogP contribution in [0.25, 0.3) is 0 Å². The lowest BCUT2D eigenvalue weighted by atomic mass is 9.95. The molecule has 1 unspecified atom stereocenters. The smallest absolute Gasteiger partial charge is 0.0658 e. The van der Waals surface area contributed by atoms with Gasteiger partial charge in [-0.2, -0.15) is 0 Å². The number of rotatable bonds is 9. The third-order valence-electron chi connectivity index (χ3n) is 3.14. The molecule has 0 bridgehead atoms. The van der Waals surface area contributed by atoms with Gasteiger partial charge < -0.3 is 15.2 Å². The number of nitrogens with zero attached hydrogens (tertiary/aromatic N) is 1. The number of hydrogen-bond donors (Lipinski definition) is 1. The first-order valence-electron chi connectivity index (χ1n) is 6.04. The van der Waals surface area contributed by atoms with Gasteiger partial charge in [0.15, 0.2) is 0 Å². The Morgan fingerprint density at radius 1 is 1.38 bits per heavy atom. The summed E-state index contributed by atoms with van der Waals surface area (Å²) in [5.74, 6) is 0. The lowest BCUT2D eigenvalue weighted by molar-refractivity contribution is -0.00129. The third-order valence-corrected chi connectivity index (χ3v) is 3.14. The Kier molecular flexibility index (Phi) is 7.93. The van der Waals surface area contributed by atoms with Crippen molar-refractivity contribution >= 4 is 0 Å². The zero-order valence-electron chi connectivity index (χ0n) is 11.5. The van der Waals surface area contributed by atoms with Crippen molar-refractivity contribution in [1.29, 1.82) is 0 Å². The van der Waals surface area contributed by atoms with Crippen molar-refractivity contribution in [3.05, 3.63) is 0 Å². The maximum Gasteiger partial charge on any atom is 0.0658 e. The Balaban J connectivity index is 4.20. The number of likely N-dealkylation sites (N-methyl/N-ethyl adjacent to an activating group) is 1. The van der Waals surface area contributed by atoms with Crippen molar-refractivity contribution in [2.75, 3.05) is 40.5 Å². The van der Waals surface area contributed by atoms with Crippen LogP contribution in [0.1, 0.15) is 27.2 Å². The highest BCUT2D eigenvalue weighted by Crippen LogP contribution is 2.17. The SMILES string of the molecule is CCC(CN)(COC)N(C)CCOC(C)C. The number of nitrogens with two attached hydrogens (primary N) is 1. The van der Waals surface area contributed by atoms with Gasteiger partial charge in [-0.3, -0.25) is 4.90 Å². The molecule has 0 aromatic heterocycles. The van der Waals surface area contributed by atoms with Crippen molar-refractivity contribution in [3.8, 4) is 0 Å². The van der Waals surface area contributed by atoms with Gasteiger partial charge in [-0.15, -0.1) is 0 Å². The molecule has 4 nitrogen and oxygen atoms in total. The molecule has 0 aliphatic carbocycles. The molecule has 0 amide bonds. The van der Waals surface area contributed by atoms with Gasteiger partial charge >= 0.3 is 0 Å². The summed E-state index contributed by atoms with van der Waals surface area (Å²) in [6.45, 7) is 9.13. The van der Waals surface area contributed by atoms with Gasteiger partial charge in [-0.25, -0.2) is 0 Å². The lowest BCUT2D eigenvalue weighted by Gasteiger charge is -2.40. The van der Waals surface area contributed by atoms with Crippen LogP contribution in [0.3, 0.4) is 0 Å². The summed E-state index contributed by atoms with van der Waals surface area (Å²) in [6, 6.07) is 0. The molecular weight excluding hydrogens is 204 g/mol. The van der Waals surface area contributed by atoms with E-state index in [1.54, 1.807) is 7.11 Å². The van der Waals surface area contributed by atoms with Gasteiger partial charge in [-0.1, -0.05) is 6.92 Å². The fourth-order valence-corrected chi connectivity index (χ4v) is 1.77. The van der Waals surface area contributed by atoms with E-state index < -0.39 is 0 Å². The maximum atomic E-state index is 5.87. The van der Waals surface area contributed by atoms with Crippen LogP contribution in [0.2, 0.25) is 0 Å². The van der Waals surface area contributed by atoms with Crippen molar-refractivity contribution in [2.24, 2.45) is 5.73 Å². The second-order valence-corrected chi connectivity index (χ2v) is 4.56. The van der Waals surface area contributed by atoms with Gasteiger partial charge in [0, 0.05) is 20.2 Å². The summed E-state index contributed by atoms with van der Waals surface area (Å²) in [6.07, 6.45) is 1.26. The van der Waals surface area contributed by atoms with E-state index in [2.05, 4.69) is 18.9 Å². The normalized spacial score (nSPS) is 15.8. The van der Waals surface area contributed by atoms with Crippen LogP contribution in [0, 0.1) is 0 Å². The molecule has 0 radical (unpaired) electrons. The zero-order valence-corrected chi connectivity index (χ0v) is 11.5. The summed E-state index contributed by atoms with van der Waals surface area (Å²) >= 11 is 0. The van der Waals surface area contributed by atoms with E-state index in [0.29, 0.717) is 13.2 Å². The topological polar surface area (TPSA) is 47.7 Å². The summed E-state index contributed by atoms with van der Waals surface area (Å²) in [4.78, 5) is 2.25. The van der Waals surface area contributed by atoms with E-state index in [1.165, 1.54) is 0 Å². The van der Waals surface area contributed by atoms with E-state index in [1.807, 2.05) is 13.8 Å². The van der Waals surface area contributed by atoms with Crippen LogP contribution in [-0.4, -0.2) is 57.0 Å². The van der Waals surface area contributed by atoms with Gasteiger partial charge in [0.05, 0.1) is 24.9 Å². The largest absolute Gasteiger partial charge is 0.383 e. The highest BCUT2D eigenvalue weighted by molar-refractivity contribution is 4.89. The average Bonchev–Trinajstić information content (AvgIpc) is 2.25. The number of methoxy groups -OCH3 is 1. The summed E-state index contributed by atoms with van der Waals surface area (Å²) in [5, 5.41) is 0. The second-order valence-electron chi connectivity index (χ2n) is 4.56. The van der Waals surface area contributed by atoms with Crippen molar-refractivity contribution < 1.29 is 9.47 Å². The minimum atomic E-state index is -0.0604. The Labute approximate surface area is 100 Å². The molecule has 0 aliphatic rings. The monoisotopic (exact) mass is 232 g/mol. The molecule has 0 aromatic carbocycles. The number of hydrogen-bond acceptors (Lipinski definition) is 4. The Bertz CT molecular complexity index is 170.